The number of morpholine rings is 1. The van der Waals surface area contributed by atoms with Gasteiger partial charge in [0.1, 0.15) is 11.3 Å². The number of carbonyl (C=O) groups is 2. The molecule has 0 radical (unpaired) electrons. The van der Waals surface area contributed by atoms with Gasteiger partial charge in [0.05, 0.1) is 13.2 Å². The Hall–Kier alpha value is -2.84. The molecule has 3 aromatic rings. The van der Waals surface area contributed by atoms with Crippen molar-refractivity contribution in [3.8, 4) is 0 Å². The van der Waals surface area contributed by atoms with Crippen LogP contribution in [0.15, 0.2) is 64.2 Å². The fraction of sp³-hybridized carbons (Fsp3) is 0.286. The third-order valence-electron chi connectivity index (χ3n) is 4.49. The van der Waals surface area contributed by atoms with Crippen LogP contribution in [0.5, 0.6) is 0 Å². The maximum absolute atomic E-state index is 13.0. The lowest BCUT2D eigenvalue weighted by molar-refractivity contribution is -0.160. The topological polar surface area (TPSA) is 81.9 Å². The Morgan fingerprint density at radius 2 is 1.79 bits per heavy atom. The van der Waals surface area contributed by atoms with Gasteiger partial charge in [-0.3, -0.25) is 9.59 Å². The van der Waals surface area contributed by atoms with Gasteiger partial charge in [-0.1, -0.05) is 54.2 Å². The fourth-order valence-corrected chi connectivity index (χ4v) is 3.66. The molecule has 150 valence electrons. The Labute approximate surface area is 172 Å². The van der Waals surface area contributed by atoms with Crippen LogP contribution in [0, 0.1) is 0 Å². The number of para-hydroxylation sites is 2. The number of esters is 1. The summed E-state index contributed by atoms with van der Waals surface area (Å²) in [5, 5.41) is 0.388. The first kappa shape index (κ1) is 19.5. The molecule has 8 heteroatoms. The molecule has 1 fully saturated rings. The molecule has 29 heavy (non-hydrogen) atoms. The molecule has 0 N–H and O–H groups in total. The molecule has 7 nitrogen and oxygen atoms in total. The van der Waals surface area contributed by atoms with E-state index in [0.717, 1.165) is 17.3 Å². The molecule has 1 amide bonds. The van der Waals surface area contributed by atoms with Crippen LogP contribution in [0.3, 0.4) is 0 Å². The maximum atomic E-state index is 13.0. The van der Waals surface area contributed by atoms with Crippen LogP contribution >= 0.6 is 11.8 Å². The highest BCUT2D eigenvalue weighted by Crippen LogP contribution is 2.25. The number of nitrogens with zero attached hydrogens (tertiary/aromatic N) is 2. The van der Waals surface area contributed by atoms with Gasteiger partial charge in [-0.15, -0.1) is 0 Å². The van der Waals surface area contributed by atoms with Gasteiger partial charge in [0.2, 0.25) is 6.10 Å². The summed E-state index contributed by atoms with van der Waals surface area (Å²) in [6.45, 7) is 1.93. The Balaban J connectivity index is 1.43. The van der Waals surface area contributed by atoms with Crippen molar-refractivity contribution in [2.45, 2.75) is 11.3 Å². The number of hydrogen-bond acceptors (Lipinski definition) is 7. The number of oxazole rings is 1. The summed E-state index contributed by atoms with van der Waals surface area (Å²) >= 11 is 1.14. The van der Waals surface area contributed by atoms with Gasteiger partial charge in [-0.2, -0.15) is 0 Å². The first-order valence-corrected chi connectivity index (χ1v) is 10.3. The summed E-state index contributed by atoms with van der Waals surface area (Å²) in [6.07, 6.45) is -0.981. The van der Waals surface area contributed by atoms with Gasteiger partial charge in [0.15, 0.2) is 5.58 Å². The van der Waals surface area contributed by atoms with Crippen molar-refractivity contribution in [3.63, 3.8) is 0 Å². The van der Waals surface area contributed by atoms with Crippen molar-refractivity contribution in [3.05, 3.63) is 60.2 Å². The quantitative estimate of drug-likeness (QED) is 0.455. The maximum Gasteiger partial charge on any atom is 0.317 e. The molecule has 4 rings (SSSR count). The molecule has 0 bridgehead atoms. The van der Waals surface area contributed by atoms with E-state index in [1.54, 1.807) is 17.0 Å². The smallest absolute Gasteiger partial charge is 0.317 e. The van der Waals surface area contributed by atoms with E-state index in [-0.39, 0.29) is 11.7 Å². The van der Waals surface area contributed by atoms with Crippen LogP contribution < -0.4 is 0 Å². The average Bonchev–Trinajstić information content (AvgIpc) is 3.20. The van der Waals surface area contributed by atoms with Gasteiger partial charge >= 0.3 is 5.97 Å². The van der Waals surface area contributed by atoms with E-state index in [9.17, 15) is 9.59 Å². The molecule has 0 saturated carbocycles. The minimum absolute atomic E-state index is 0.00739. The van der Waals surface area contributed by atoms with Crippen LogP contribution in [0.2, 0.25) is 0 Å². The number of hydrogen-bond donors (Lipinski definition) is 0. The van der Waals surface area contributed by atoms with Crippen LogP contribution in [-0.2, 0) is 19.1 Å². The third-order valence-corrected chi connectivity index (χ3v) is 5.29. The van der Waals surface area contributed by atoms with Crippen molar-refractivity contribution in [2.24, 2.45) is 0 Å². The Bertz CT molecular complexity index is 952. The fourth-order valence-electron chi connectivity index (χ4n) is 3.04. The third kappa shape index (κ3) is 4.78. The summed E-state index contributed by atoms with van der Waals surface area (Å²) in [5.41, 5.74) is 2.03. The van der Waals surface area contributed by atoms with E-state index in [0.29, 0.717) is 42.7 Å². The highest BCUT2D eigenvalue weighted by molar-refractivity contribution is 7.99. The zero-order valence-corrected chi connectivity index (χ0v) is 16.5. The van der Waals surface area contributed by atoms with E-state index in [1.807, 2.05) is 42.5 Å². The standard InChI is InChI=1S/C21H20N2O5S/c24-18(14-29-21-22-16-8-4-5-9-17(16)27-21)28-19(15-6-2-1-3-7-15)20(25)23-10-12-26-13-11-23/h1-9,19H,10-14H2/t19-/m0/s1. The number of ether oxygens (including phenoxy) is 2. The molecule has 1 atom stereocenters. The van der Waals surface area contributed by atoms with Crippen molar-refractivity contribution < 1.29 is 23.5 Å². The number of fused-ring (bicyclic) bond motifs is 1. The summed E-state index contributed by atoms with van der Waals surface area (Å²) in [7, 11) is 0. The average molecular weight is 412 g/mol. The predicted octanol–water partition coefficient (Wildman–Crippen LogP) is 3.06. The largest absolute Gasteiger partial charge is 0.447 e. The summed E-state index contributed by atoms with van der Waals surface area (Å²) in [5.74, 6) is -0.751. The molecule has 1 aromatic heterocycles. The Morgan fingerprint density at radius 1 is 1.07 bits per heavy atom. The SMILES string of the molecule is O=C(CSc1nc2ccccc2o1)O[C@H](C(=O)N1CCOCC1)c1ccccc1. The number of carbonyl (C=O) groups excluding carboxylic acids is 2. The van der Waals surface area contributed by atoms with Crippen molar-refractivity contribution in [1.29, 1.82) is 0 Å². The molecular weight excluding hydrogens is 392 g/mol. The molecule has 1 aliphatic rings. The molecule has 1 saturated heterocycles. The Kier molecular flexibility index (Phi) is 6.12. The van der Waals surface area contributed by atoms with E-state index in [2.05, 4.69) is 4.98 Å². The molecule has 2 aromatic carbocycles. The highest BCUT2D eigenvalue weighted by atomic mass is 32.2. The van der Waals surface area contributed by atoms with Crippen LogP contribution in [0.4, 0.5) is 0 Å². The Morgan fingerprint density at radius 3 is 2.55 bits per heavy atom. The normalized spacial score (nSPS) is 15.2. The lowest BCUT2D eigenvalue weighted by Gasteiger charge is -2.30. The van der Waals surface area contributed by atoms with Gasteiger partial charge < -0.3 is 18.8 Å². The van der Waals surface area contributed by atoms with Crippen molar-refractivity contribution in [1.82, 2.24) is 9.88 Å². The lowest BCUT2D eigenvalue weighted by Crippen LogP contribution is -2.44. The monoisotopic (exact) mass is 412 g/mol. The second-order valence-electron chi connectivity index (χ2n) is 6.45. The van der Waals surface area contributed by atoms with E-state index >= 15 is 0 Å². The molecule has 1 aliphatic heterocycles. The number of thioether (sulfide) groups is 1. The molecule has 2 heterocycles. The second-order valence-corrected chi connectivity index (χ2v) is 7.38. The van der Waals surface area contributed by atoms with Gasteiger partial charge in [-0.05, 0) is 12.1 Å². The minimum Gasteiger partial charge on any atom is -0.447 e. The van der Waals surface area contributed by atoms with Gasteiger partial charge in [0, 0.05) is 18.7 Å². The van der Waals surface area contributed by atoms with Crippen LogP contribution in [0.25, 0.3) is 11.1 Å². The van der Waals surface area contributed by atoms with Crippen LogP contribution in [0.1, 0.15) is 11.7 Å². The van der Waals surface area contributed by atoms with Gasteiger partial charge in [0.25, 0.3) is 11.1 Å². The highest BCUT2D eigenvalue weighted by Gasteiger charge is 2.30. The first-order chi connectivity index (χ1) is 14.2. The van der Waals surface area contributed by atoms with Crippen LogP contribution in [-0.4, -0.2) is 53.8 Å². The second kappa shape index (κ2) is 9.11. The zero-order chi connectivity index (χ0) is 20.1. The number of aromatic nitrogens is 1. The van der Waals surface area contributed by atoms with E-state index in [4.69, 9.17) is 13.9 Å². The first-order valence-electron chi connectivity index (χ1n) is 9.30. The molecule has 0 unspecified atom stereocenters. The van der Waals surface area contributed by atoms with E-state index < -0.39 is 12.1 Å². The number of benzene rings is 2. The number of rotatable bonds is 6. The summed E-state index contributed by atoms with van der Waals surface area (Å²) < 4.78 is 16.5. The predicted molar refractivity (Wildman–Crippen MR) is 107 cm³/mol. The molecular formula is C21H20N2O5S. The molecule has 0 spiro atoms. The van der Waals surface area contributed by atoms with Crippen molar-refractivity contribution >= 4 is 34.7 Å². The number of amides is 1. The van der Waals surface area contributed by atoms with Gasteiger partial charge in [-0.25, -0.2) is 4.98 Å². The summed E-state index contributed by atoms with van der Waals surface area (Å²) in [6, 6.07) is 16.4. The van der Waals surface area contributed by atoms with E-state index in [1.165, 1.54) is 0 Å². The minimum atomic E-state index is -0.981. The van der Waals surface area contributed by atoms with Crippen molar-refractivity contribution in [2.75, 3.05) is 32.1 Å². The molecule has 0 aliphatic carbocycles. The zero-order valence-electron chi connectivity index (χ0n) is 15.7. The lowest BCUT2D eigenvalue weighted by atomic mass is 10.1. The summed E-state index contributed by atoms with van der Waals surface area (Å²) in [4.78, 5) is 31.5.